The second-order valence-electron chi connectivity index (χ2n) is 6.21. The van der Waals surface area contributed by atoms with E-state index in [2.05, 4.69) is 10.6 Å². The standard InChI is InChI=1S/C18H20ClN5O2/c1-22(2)14-10-16-15(23(3)18(26)24(16)4)9-13(14)21-17(25)20-12-8-6-5-7-11(12)19/h5-10H,1-4H3,(H2,20,21,25). The van der Waals surface area contributed by atoms with Gasteiger partial charge < -0.3 is 15.5 Å². The van der Waals surface area contributed by atoms with Crippen LogP contribution in [0.2, 0.25) is 5.02 Å². The van der Waals surface area contributed by atoms with E-state index in [4.69, 9.17) is 11.6 Å². The van der Waals surface area contributed by atoms with Gasteiger partial charge in [0.2, 0.25) is 0 Å². The number of urea groups is 1. The average molecular weight is 374 g/mol. The summed E-state index contributed by atoms with van der Waals surface area (Å²) < 4.78 is 3.13. The zero-order chi connectivity index (χ0) is 19.0. The zero-order valence-corrected chi connectivity index (χ0v) is 15.8. The zero-order valence-electron chi connectivity index (χ0n) is 15.0. The summed E-state index contributed by atoms with van der Waals surface area (Å²) in [7, 11) is 7.17. The van der Waals surface area contributed by atoms with Crippen molar-refractivity contribution in [3.05, 3.63) is 51.9 Å². The third-order valence-electron chi connectivity index (χ3n) is 4.24. The Balaban J connectivity index is 1.99. The lowest BCUT2D eigenvalue weighted by molar-refractivity contribution is 0.262. The van der Waals surface area contributed by atoms with Gasteiger partial charge in [0.05, 0.1) is 33.1 Å². The monoisotopic (exact) mass is 373 g/mol. The minimum absolute atomic E-state index is 0.123. The van der Waals surface area contributed by atoms with Crippen LogP contribution in [0.1, 0.15) is 0 Å². The molecule has 1 heterocycles. The van der Waals surface area contributed by atoms with Crippen molar-refractivity contribution in [2.24, 2.45) is 14.1 Å². The Bertz CT molecular complexity index is 1050. The van der Waals surface area contributed by atoms with Crippen molar-refractivity contribution in [2.75, 3.05) is 29.6 Å². The third-order valence-corrected chi connectivity index (χ3v) is 4.57. The first kappa shape index (κ1) is 17.9. The van der Waals surface area contributed by atoms with E-state index < -0.39 is 6.03 Å². The molecule has 3 aromatic rings. The normalized spacial score (nSPS) is 10.8. The molecule has 0 radical (unpaired) electrons. The molecule has 0 spiro atoms. The molecule has 0 atom stereocenters. The molecule has 136 valence electrons. The van der Waals surface area contributed by atoms with Gasteiger partial charge in [-0.15, -0.1) is 0 Å². The molecule has 0 aliphatic heterocycles. The van der Waals surface area contributed by atoms with Crippen LogP contribution in [0.25, 0.3) is 11.0 Å². The highest BCUT2D eigenvalue weighted by atomic mass is 35.5. The van der Waals surface area contributed by atoms with Crippen LogP contribution in [0.5, 0.6) is 0 Å². The number of carbonyl (C=O) groups excluding carboxylic acids is 1. The molecule has 0 aliphatic rings. The van der Waals surface area contributed by atoms with E-state index in [0.717, 1.165) is 16.7 Å². The van der Waals surface area contributed by atoms with E-state index in [1.165, 1.54) is 0 Å². The lowest BCUT2D eigenvalue weighted by Crippen LogP contribution is -2.22. The first-order chi connectivity index (χ1) is 12.3. The van der Waals surface area contributed by atoms with Crippen LogP contribution in [-0.4, -0.2) is 29.3 Å². The predicted octanol–water partition coefficient (Wildman–Crippen LogP) is 3.24. The van der Waals surface area contributed by atoms with Crippen LogP contribution in [0.4, 0.5) is 21.9 Å². The molecule has 0 saturated carbocycles. The number of amides is 2. The van der Waals surface area contributed by atoms with E-state index >= 15 is 0 Å². The number of nitrogens with zero attached hydrogens (tertiary/aromatic N) is 3. The van der Waals surface area contributed by atoms with Gasteiger partial charge in [-0.25, -0.2) is 9.59 Å². The maximum Gasteiger partial charge on any atom is 0.328 e. The minimum atomic E-state index is -0.415. The maximum absolute atomic E-state index is 12.4. The number of hydrogen-bond acceptors (Lipinski definition) is 3. The number of aromatic nitrogens is 2. The summed E-state index contributed by atoms with van der Waals surface area (Å²) >= 11 is 6.08. The molecule has 0 aliphatic carbocycles. The summed E-state index contributed by atoms with van der Waals surface area (Å²) in [4.78, 5) is 26.5. The number of carbonyl (C=O) groups is 1. The van der Waals surface area contributed by atoms with E-state index in [0.29, 0.717) is 16.4 Å². The molecule has 0 bridgehead atoms. The number of benzene rings is 2. The summed E-state index contributed by atoms with van der Waals surface area (Å²) in [6.07, 6.45) is 0. The van der Waals surface area contributed by atoms with Crippen LogP contribution in [0, 0.1) is 0 Å². The number of anilines is 3. The topological polar surface area (TPSA) is 71.3 Å². The molecule has 0 fully saturated rings. The number of nitrogens with one attached hydrogen (secondary N) is 2. The number of fused-ring (bicyclic) bond motifs is 1. The smallest absolute Gasteiger partial charge is 0.328 e. The molecule has 0 saturated heterocycles. The molecule has 2 N–H and O–H groups in total. The van der Waals surface area contributed by atoms with Crippen LogP contribution in [0.15, 0.2) is 41.2 Å². The van der Waals surface area contributed by atoms with Gasteiger partial charge in [-0.3, -0.25) is 9.13 Å². The van der Waals surface area contributed by atoms with Crippen molar-refractivity contribution in [1.29, 1.82) is 0 Å². The molecule has 26 heavy (non-hydrogen) atoms. The van der Waals surface area contributed by atoms with Gasteiger partial charge in [0.1, 0.15) is 0 Å². The quantitative estimate of drug-likeness (QED) is 0.740. The van der Waals surface area contributed by atoms with Crippen LogP contribution < -0.4 is 21.2 Å². The van der Waals surface area contributed by atoms with Crippen molar-refractivity contribution in [3.63, 3.8) is 0 Å². The molecule has 3 rings (SSSR count). The van der Waals surface area contributed by atoms with Crippen molar-refractivity contribution in [3.8, 4) is 0 Å². The van der Waals surface area contributed by atoms with Gasteiger partial charge in [-0.1, -0.05) is 23.7 Å². The summed E-state index contributed by atoms with van der Waals surface area (Å²) in [5.41, 5.74) is 3.30. The minimum Gasteiger partial charge on any atom is -0.376 e. The number of rotatable bonds is 3. The van der Waals surface area contributed by atoms with Crippen LogP contribution >= 0.6 is 11.6 Å². The Labute approximate surface area is 155 Å². The SMILES string of the molecule is CN(C)c1cc2c(cc1NC(=O)Nc1ccccc1Cl)n(C)c(=O)n2C. The fourth-order valence-electron chi connectivity index (χ4n) is 2.84. The molecule has 1 aromatic heterocycles. The van der Waals surface area contributed by atoms with Crippen LogP contribution in [-0.2, 0) is 14.1 Å². The van der Waals surface area contributed by atoms with Gasteiger partial charge in [0, 0.05) is 28.2 Å². The Kier molecular flexibility index (Phi) is 4.65. The Morgan fingerprint density at radius 1 is 1.00 bits per heavy atom. The van der Waals surface area contributed by atoms with Gasteiger partial charge >= 0.3 is 11.7 Å². The van der Waals surface area contributed by atoms with E-state index in [-0.39, 0.29) is 5.69 Å². The number of para-hydroxylation sites is 1. The van der Waals surface area contributed by atoms with Gasteiger partial charge in [-0.05, 0) is 24.3 Å². The highest BCUT2D eigenvalue weighted by Crippen LogP contribution is 2.30. The second kappa shape index (κ2) is 6.76. The fraction of sp³-hybridized carbons (Fsp3) is 0.222. The summed E-state index contributed by atoms with van der Waals surface area (Å²) in [5, 5.41) is 6.03. The first-order valence-corrected chi connectivity index (χ1v) is 8.36. The number of hydrogen-bond donors (Lipinski definition) is 2. The largest absolute Gasteiger partial charge is 0.376 e. The predicted molar refractivity (Wildman–Crippen MR) is 107 cm³/mol. The van der Waals surface area contributed by atoms with Gasteiger partial charge in [0.15, 0.2) is 0 Å². The maximum atomic E-state index is 12.4. The lowest BCUT2D eigenvalue weighted by atomic mass is 10.2. The number of halogens is 1. The molecular formula is C18H20ClN5O2. The molecule has 0 unspecified atom stereocenters. The van der Waals surface area contributed by atoms with Gasteiger partial charge in [-0.2, -0.15) is 0 Å². The van der Waals surface area contributed by atoms with Crippen molar-refractivity contribution < 1.29 is 4.79 Å². The number of imidazole rings is 1. The highest BCUT2D eigenvalue weighted by Gasteiger charge is 2.15. The van der Waals surface area contributed by atoms with Gasteiger partial charge in [0.25, 0.3) is 0 Å². The molecule has 2 amide bonds. The summed E-state index contributed by atoms with van der Waals surface area (Å²) in [6.45, 7) is 0. The Morgan fingerprint density at radius 3 is 2.19 bits per heavy atom. The fourth-order valence-corrected chi connectivity index (χ4v) is 3.03. The molecule has 8 heteroatoms. The summed E-state index contributed by atoms with van der Waals surface area (Å²) in [5.74, 6) is 0. The summed E-state index contributed by atoms with van der Waals surface area (Å²) in [6, 6.07) is 10.3. The lowest BCUT2D eigenvalue weighted by Gasteiger charge is -2.19. The second-order valence-corrected chi connectivity index (χ2v) is 6.62. The van der Waals surface area contributed by atoms with Crippen LogP contribution in [0.3, 0.4) is 0 Å². The van der Waals surface area contributed by atoms with Crippen molar-refractivity contribution >= 4 is 45.7 Å². The average Bonchev–Trinajstić information content (AvgIpc) is 2.80. The van der Waals surface area contributed by atoms with E-state index in [9.17, 15) is 9.59 Å². The number of aryl methyl sites for hydroxylation is 2. The Morgan fingerprint density at radius 2 is 1.58 bits per heavy atom. The molecule has 2 aromatic carbocycles. The van der Waals surface area contributed by atoms with Crippen molar-refractivity contribution in [2.45, 2.75) is 0 Å². The first-order valence-electron chi connectivity index (χ1n) is 7.99. The Hall–Kier alpha value is -2.93. The molecule has 7 nitrogen and oxygen atoms in total. The van der Waals surface area contributed by atoms with E-state index in [1.54, 1.807) is 53.6 Å². The molecular weight excluding hydrogens is 354 g/mol. The third kappa shape index (κ3) is 3.13. The van der Waals surface area contributed by atoms with Crippen molar-refractivity contribution in [1.82, 2.24) is 9.13 Å². The van der Waals surface area contributed by atoms with E-state index in [1.807, 2.05) is 25.1 Å². The highest BCUT2D eigenvalue weighted by molar-refractivity contribution is 6.33.